The highest BCUT2D eigenvalue weighted by Gasteiger charge is 2.15. The van der Waals surface area contributed by atoms with Gasteiger partial charge in [0.1, 0.15) is 23.7 Å². The van der Waals surface area contributed by atoms with Gasteiger partial charge in [0.15, 0.2) is 16.8 Å². The maximum absolute atomic E-state index is 11.4. The molecule has 23 heavy (non-hydrogen) atoms. The van der Waals surface area contributed by atoms with Crippen LogP contribution in [-0.4, -0.2) is 18.3 Å². The molecule has 7 nitrogen and oxygen atoms in total. The first kappa shape index (κ1) is 15.8. The predicted octanol–water partition coefficient (Wildman–Crippen LogP) is 2.87. The molecule has 1 aromatic carbocycles. The Hall–Kier alpha value is -2.05. The maximum atomic E-state index is 11.4. The van der Waals surface area contributed by atoms with Crippen LogP contribution < -0.4 is 15.7 Å². The summed E-state index contributed by atoms with van der Waals surface area (Å²) in [5.41, 5.74) is 7.00. The Balaban J connectivity index is 1.96. The highest BCUT2D eigenvalue weighted by Crippen LogP contribution is 2.40. The second-order valence-corrected chi connectivity index (χ2v) is 5.65. The molecule has 0 bridgehead atoms. The van der Waals surface area contributed by atoms with Crippen LogP contribution in [0.3, 0.4) is 0 Å². The summed E-state index contributed by atoms with van der Waals surface area (Å²) < 4.78 is 21.9. The number of nitrogens with two attached hydrogens (primary N) is 1. The van der Waals surface area contributed by atoms with Crippen LogP contribution in [-0.2, 0) is 9.05 Å². The predicted molar refractivity (Wildman–Crippen MR) is 86.2 cm³/mol. The molecule has 0 aromatic heterocycles. The Bertz CT molecular complexity index is 832. The van der Waals surface area contributed by atoms with Crippen LogP contribution in [0, 0.1) is 0 Å². The molecule has 0 spiro atoms. The summed E-state index contributed by atoms with van der Waals surface area (Å²) in [5.74, 6) is 0.932. The lowest BCUT2D eigenvalue weighted by Gasteiger charge is -2.15. The van der Waals surface area contributed by atoms with Crippen LogP contribution in [0.25, 0.3) is 22.6 Å². The molecule has 0 saturated carbocycles. The molecule has 8 heteroatoms. The third-order valence-electron chi connectivity index (χ3n) is 2.92. The molecule has 1 heterocycles. The van der Waals surface area contributed by atoms with E-state index in [1.807, 2.05) is 6.92 Å². The third kappa shape index (κ3) is 3.65. The monoisotopic (exact) mass is 334 g/mol. The van der Waals surface area contributed by atoms with Gasteiger partial charge in [-0.05, 0) is 31.2 Å². The van der Waals surface area contributed by atoms with Crippen molar-refractivity contribution < 1.29 is 18.0 Å². The van der Waals surface area contributed by atoms with E-state index in [1.54, 1.807) is 24.3 Å². The largest absolute Gasteiger partial charge is 0.453 e. The van der Waals surface area contributed by atoms with E-state index in [-0.39, 0.29) is 12.2 Å². The molecule has 120 valence electrons. The highest BCUT2D eigenvalue weighted by molar-refractivity contribution is 7.42. The van der Waals surface area contributed by atoms with E-state index >= 15 is 0 Å². The van der Waals surface area contributed by atoms with E-state index in [2.05, 4.69) is 4.98 Å². The molecule has 1 atom stereocenters. The molecule has 1 unspecified atom stereocenters. The average Bonchev–Trinajstić information content (AvgIpc) is 2.53. The summed E-state index contributed by atoms with van der Waals surface area (Å²) in [4.78, 5) is 15.9. The van der Waals surface area contributed by atoms with Gasteiger partial charge in [0, 0.05) is 12.1 Å². The standard InChI is InChI=1S/C15H15N2O5P/c1-2-19-23(20-9-16)22-11-4-6-13-15(8-11)21-14-7-10(18)3-5-12(14)17-13/h3-8H,2,9,16H2,1H3. The topological polar surface area (TPSA) is 96.8 Å². The van der Waals surface area contributed by atoms with Crippen molar-refractivity contribution in [3.8, 4) is 17.2 Å². The molecule has 1 aliphatic heterocycles. The van der Waals surface area contributed by atoms with Gasteiger partial charge in [-0.1, -0.05) is 0 Å². The van der Waals surface area contributed by atoms with E-state index < -0.39 is 8.60 Å². The van der Waals surface area contributed by atoms with Gasteiger partial charge in [0.2, 0.25) is 0 Å². The first-order valence-corrected chi connectivity index (χ1v) is 8.08. The van der Waals surface area contributed by atoms with E-state index in [1.165, 1.54) is 12.1 Å². The fraction of sp³-hybridized carbons (Fsp3) is 0.200. The zero-order valence-corrected chi connectivity index (χ0v) is 13.3. The number of aromatic nitrogens is 1. The Morgan fingerprint density at radius 3 is 2.87 bits per heavy atom. The molecular weight excluding hydrogens is 319 g/mol. The van der Waals surface area contributed by atoms with E-state index in [0.29, 0.717) is 34.9 Å². The van der Waals surface area contributed by atoms with Gasteiger partial charge >= 0.3 is 8.60 Å². The molecule has 3 rings (SSSR count). The van der Waals surface area contributed by atoms with Crippen LogP contribution in [0.5, 0.6) is 5.75 Å². The Morgan fingerprint density at radius 1 is 1.22 bits per heavy atom. The van der Waals surface area contributed by atoms with Gasteiger partial charge in [-0.15, -0.1) is 0 Å². The van der Waals surface area contributed by atoms with Gasteiger partial charge < -0.3 is 19.2 Å². The molecule has 0 radical (unpaired) electrons. The quantitative estimate of drug-likeness (QED) is 0.420. The summed E-state index contributed by atoms with van der Waals surface area (Å²) in [6, 6.07) is 9.67. The van der Waals surface area contributed by atoms with E-state index in [0.717, 1.165) is 0 Å². The Labute approximate surface area is 133 Å². The van der Waals surface area contributed by atoms with E-state index in [9.17, 15) is 4.79 Å². The number of fused-ring (bicyclic) bond motifs is 2. The van der Waals surface area contributed by atoms with Crippen molar-refractivity contribution in [3.63, 3.8) is 0 Å². The number of rotatable bonds is 6. The van der Waals surface area contributed by atoms with Crippen molar-refractivity contribution in [3.05, 3.63) is 46.6 Å². The molecule has 2 N–H and O–H groups in total. The van der Waals surface area contributed by atoms with Crippen molar-refractivity contribution in [2.45, 2.75) is 6.92 Å². The van der Waals surface area contributed by atoms with Crippen LogP contribution in [0.15, 0.2) is 45.6 Å². The first-order valence-electron chi connectivity index (χ1n) is 6.98. The van der Waals surface area contributed by atoms with Crippen LogP contribution in [0.4, 0.5) is 0 Å². The molecule has 1 aliphatic carbocycles. The summed E-state index contributed by atoms with van der Waals surface area (Å²) >= 11 is 0. The van der Waals surface area contributed by atoms with Crippen molar-refractivity contribution >= 4 is 19.7 Å². The number of hydrogen-bond donors (Lipinski definition) is 1. The molecular formula is C15H15N2O5P. The summed E-state index contributed by atoms with van der Waals surface area (Å²) in [7, 11) is -1.57. The molecule has 0 fully saturated rings. The smallest absolute Gasteiger partial charge is 0.398 e. The minimum Gasteiger partial charge on any atom is -0.453 e. The second-order valence-electron chi connectivity index (χ2n) is 4.50. The Kier molecular flexibility index (Phi) is 4.83. The fourth-order valence-corrected chi connectivity index (χ4v) is 2.78. The zero-order chi connectivity index (χ0) is 16.2. The first-order chi connectivity index (χ1) is 11.2. The normalized spacial score (nSPS) is 12.6. The minimum atomic E-state index is -1.57. The fourth-order valence-electron chi connectivity index (χ4n) is 1.98. The van der Waals surface area contributed by atoms with Gasteiger partial charge in [-0.25, -0.2) is 4.98 Å². The molecule has 2 aliphatic rings. The number of benzene rings is 2. The van der Waals surface area contributed by atoms with Gasteiger partial charge in [0.25, 0.3) is 0 Å². The van der Waals surface area contributed by atoms with Crippen molar-refractivity contribution in [1.82, 2.24) is 4.98 Å². The minimum absolute atomic E-state index is 0.00211. The van der Waals surface area contributed by atoms with Gasteiger partial charge in [-0.3, -0.25) is 9.32 Å². The van der Waals surface area contributed by atoms with Crippen LogP contribution >= 0.6 is 8.60 Å². The zero-order valence-electron chi connectivity index (χ0n) is 12.4. The average molecular weight is 334 g/mol. The van der Waals surface area contributed by atoms with Crippen molar-refractivity contribution in [2.75, 3.05) is 13.3 Å². The lowest BCUT2D eigenvalue weighted by Crippen LogP contribution is -2.05. The maximum Gasteiger partial charge on any atom is 0.398 e. The lowest BCUT2D eigenvalue weighted by molar-refractivity contribution is 0.217. The van der Waals surface area contributed by atoms with Crippen molar-refractivity contribution in [2.24, 2.45) is 5.73 Å². The number of nitrogens with zero attached hydrogens (tertiary/aromatic N) is 1. The SMILES string of the molecule is CCOP(OCN)Oc1ccc2nc3ccc(=O)cc-3oc2c1. The van der Waals surface area contributed by atoms with Gasteiger partial charge in [-0.2, -0.15) is 0 Å². The summed E-state index contributed by atoms with van der Waals surface area (Å²) in [6.07, 6.45) is 0. The van der Waals surface area contributed by atoms with Crippen LogP contribution in [0.2, 0.25) is 0 Å². The Morgan fingerprint density at radius 2 is 2.09 bits per heavy atom. The molecule has 0 saturated heterocycles. The van der Waals surface area contributed by atoms with Crippen molar-refractivity contribution in [1.29, 1.82) is 0 Å². The highest BCUT2D eigenvalue weighted by atomic mass is 31.2. The molecule has 1 aromatic rings. The second kappa shape index (κ2) is 7.02. The van der Waals surface area contributed by atoms with Crippen LogP contribution in [0.1, 0.15) is 6.92 Å². The van der Waals surface area contributed by atoms with E-state index in [4.69, 9.17) is 23.7 Å². The lowest BCUT2D eigenvalue weighted by atomic mass is 10.2. The van der Waals surface area contributed by atoms with Gasteiger partial charge in [0.05, 0.1) is 6.61 Å². The summed E-state index contributed by atoms with van der Waals surface area (Å²) in [5, 5.41) is 0. The number of hydrogen-bond acceptors (Lipinski definition) is 7. The third-order valence-corrected chi connectivity index (χ3v) is 4.11. The summed E-state index contributed by atoms with van der Waals surface area (Å²) in [6.45, 7) is 2.29. The molecule has 0 amide bonds.